The fourth-order valence-corrected chi connectivity index (χ4v) is 3.60. The van der Waals surface area contributed by atoms with Crippen molar-refractivity contribution in [1.82, 2.24) is 10.2 Å². The number of ether oxygens (including phenoxy) is 1. The number of thiophene rings is 1. The first-order valence-corrected chi connectivity index (χ1v) is 8.90. The molecule has 2 aromatic rings. The number of carbonyl (C=O) groups excluding carboxylic acids is 1. The van der Waals surface area contributed by atoms with Crippen molar-refractivity contribution in [2.45, 2.75) is 32.0 Å². The van der Waals surface area contributed by atoms with Crippen LogP contribution in [0.4, 0.5) is 4.79 Å². The third-order valence-electron chi connectivity index (χ3n) is 4.12. The average Bonchev–Trinajstić information content (AvgIpc) is 3.25. The first-order valence-electron chi connectivity index (χ1n) is 8.02. The molecule has 1 aromatic heterocycles. The largest absolute Gasteiger partial charge is 0.371 e. The zero-order valence-electron chi connectivity index (χ0n) is 13.3. The molecule has 2 atom stereocenters. The molecular formula is C18H22N2O2S. The highest BCUT2D eigenvalue weighted by Gasteiger charge is 2.31. The summed E-state index contributed by atoms with van der Waals surface area (Å²) in [5, 5.41) is 5.20. The highest BCUT2D eigenvalue weighted by Crippen LogP contribution is 2.29. The molecule has 0 saturated carbocycles. The molecule has 5 heteroatoms. The minimum atomic E-state index is -0.0550. The lowest BCUT2D eigenvalue weighted by molar-refractivity contribution is 0.0980. The number of nitrogens with one attached hydrogen (secondary N) is 1. The molecule has 1 aliphatic rings. The van der Waals surface area contributed by atoms with Crippen LogP contribution in [0.25, 0.3) is 0 Å². The molecule has 1 N–H and O–H groups in total. The van der Waals surface area contributed by atoms with E-state index in [0.29, 0.717) is 19.7 Å². The van der Waals surface area contributed by atoms with Gasteiger partial charge in [0, 0.05) is 18.0 Å². The molecule has 0 radical (unpaired) electrons. The van der Waals surface area contributed by atoms with Crippen LogP contribution in [0.15, 0.2) is 47.8 Å². The Morgan fingerprint density at radius 3 is 2.83 bits per heavy atom. The Bertz CT molecular complexity index is 615. The molecule has 1 saturated heterocycles. The fourth-order valence-electron chi connectivity index (χ4n) is 2.88. The molecule has 1 aliphatic heterocycles. The first-order chi connectivity index (χ1) is 11.3. The van der Waals surface area contributed by atoms with Crippen molar-refractivity contribution in [3.05, 3.63) is 58.3 Å². The van der Waals surface area contributed by atoms with Crippen LogP contribution in [0.3, 0.4) is 0 Å². The summed E-state index contributed by atoms with van der Waals surface area (Å²) in [5.41, 5.74) is 1.12. The molecule has 23 heavy (non-hydrogen) atoms. The molecule has 1 fully saturated rings. The van der Waals surface area contributed by atoms with Gasteiger partial charge < -0.3 is 15.0 Å². The van der Waals surface area contributed by atoms with Crippen LogP contribution in [0.5, 0.6) is 0 Å². The summed E-state index contributed by atoms with van der Waals surface area (Å²) in [4.78, 5) is 15.6. The minimum Gasteiger partial charge on any atom is -0.371 e. The lowest BCUT2D eigenvalue weighted by Gasteiger charge is -2.26. The summed E-state index contributed by atoms with van der Waals surface area (Å²) in [5.74, 6) is 0. The number of hydrogen-bond donors (Lipinski definition) is 1. The maximum atomic E-state index is 12.6. The molecule has 0 aliphatic carbocycles. The van der Waals surface area contributed by atoms with E-state index in [1.807, 2.05) is 41.5 Å². The van der Waals surface area contributed by atoms with Crippen molar-refractivity contribution >= 4 is 17.4 Å². The molecule has 3 rings (SSSR count). The molecule has 1 aromatic carbocycles. The predicted molar refractivity (Wildman–Crippen MR) is 92.5 cm³/mol. The van der Waals surface area contributed by atoms with E-state index in [0.717, 1.165) is 12.0 Å². The second-order valence-electron chi connectivity index (χ2n) is 5.64. The lowest BCUT2D eigenvalue weighted by Crippen LogP contribution is -2.45. The average molecular weight is 330 g/mol. The number of benzene rings is 1. The topological polar surface area (TPSA) is 41.6 Å². The van der Waals surface area contributed by atoms with E-state index in [1.54, 1.807) is 11.3 Å². The summed E-state index contributed by atoms with van der Waals surface area (Å²) in [7, 11) is 0. The Balaban J connectivity index is 1.63. The van der Waals surface area contributed by atoms with Crippen LogP contribution in [0.1, 0.15) is 29.9 Å². The van der Waals surface area contributed by atoms with E-state index in [9.17, 15) is 4.79 Å². The summed E-state index contributed by atoms with van der Waals surface area (Å²) < 4.78 is 5.84. The molecule has 4 nitrogen and oxygen atoms in total. The normalized spacial score (nSPS) is 20.4. The Hall–Kier alpha value is -1.85. The van der Waals surface area contributed by atoms with E-state index in [-0.39, 0.29) is 18.2 Å². The maximum Gasteiger partial charge on any atom is 0.318 e. The zero-order chi connectivity index (χ0) is 16.1. The monoisotopic (exact) mass is 330 g/mol. The van der Waals surface area contributed by atoms with Gasteiger partial charge in [0.2, 0.25) is 0 Å². The van der Waals surface area contributed by atoms with E-state index in [2.05, 4.69) is 23.5 Å². The van der Waals surface area contributed by atoms with Crippen molar-refractivity contribution < 1.29 is 9.53 Å². The number of urea groups is 1. The highest BCUT2D eigenvalue weighted by atomic mass is 32.1. The van der Waals surface area contributed by atoms with Crippen molar-refractivity contribution in [2.24, 2.45) is 0 Å². The molecule has 0 spiro atoms. The lowest BCUT2D eigenvalue weighted by atomic mass is 10.0. The van der Waals surface area contributed by atoms with Gasteiger partial charge in [0.15, 0.2) is 0 Å². The van der Waals surface area contributed by atoms with Crippen molar-refractivity contribution in [3.63, 3.8) is 0 Å². The number of carbonyl (C=O) groups is 1. The van der Waals surface area contributed by atoms with Gasteiger partial charge >= 0.3 is 6.03 Å². The van der Waals surface area contributed by atoms with E-state index < -0.39 is 0 Å². The first kappa shape index (κ1) is 16.0. The van der Waals surface area contributed by atoms with E-state index in [4.69, 9.17) is 4.74 Å². The van der Waals surface area contributed by atoms with Gasteiger partial charge in [0.1, 0.15) is 6.10 Å². The van der Waals surface area contributed by atoms with Crippen LogP contribution in [0.2, 0.25) is 0 Å². The van der Waals surface area contributed by atoms with Gasteiger partial charge in [-0.05, 0) is 30.4 Å². The number of hydrogen-bond acceptors (Lipinski definition) is 3. The summed E-state index contributed by atoms with van der Waals surface area (Å²) >= 11 is 1.68. The smallest absolute Gasteiger partial charge is 0.318 e. The van der Waals surface area contributed by atoms with Gasteiger partial charge in [-0.3, -0.25) is 0 Å². The summed E-state index contributed by atoms with van der Waals surface area (Å²) in [6.45, 7) is 4.03. The SMILES string of the molecule is CCN(Cc1cccs1)C(=O)N[C@H]1CCO[C@H]1c1ccccc1. The summed E-state index contributed by atoms with van der Waals surface area (Å²) in [6.07, 6.45) is 0.794. The summed E-state index contributed by atoms with van der Waals surface area (Å²) in [6, 6.07) is 14.2. The van der Waals surface area contributed by atoms with Gasteiger partial charge in [-0.2, -0.15) is 0 Å². The Morgan fingerprint density at radius 2 is 2.13 bits per heavy atom. The molecular weight excluding hydrogens is 308 g/mol. The van der Waals surface area contributed by atoms with E-state index >= 15 is 0 Å². The molecule has 122 valence electrons. The van der Waals surface area contributed by atoms with E-state index in [1.165, 1.54) is 4.88 Å². The quantitative estimate of drug-likeness (QED) is 0.906. The highest BCUT2D eigenvalue weighted by molar-refractivity contribution is 7.09. The standard InChI is InChI=1S/C18H22N2O2S/c1-2-20(13-15-9-6-12-23-15)18(21)19-16-10-11-22-17(16)14-7-4-3-5-8-14/h3-9,12,16-17H,2,10-11,13H2,1H3,(H,19,21)/t16-,17-/m0/s1. The number of nitrogens with zero attached hydrogens (tertiary/aromatic N) is 1. The van der Waals surface area contributed by atoms with Crippen LogP contribution in [0, 0.1) is 0 Å². The van der Waals surface area contributed by atoms with Crippen molar-refractivity contribution in [2.75, 3.05) is 13.2 Å². The van der Waals surface area contributed by atoms with Gasteiger partial charge in [0.25, 0.3) is 0 Å². The Labute approximate surface area is 141 Å². The van der Waals surface area contributed by atoms with Gasteiger partial charge in [0.05, 0.1) is 12.6 Å². The van der Waals surface area contributed by atoms with Crippen molar-refractivity contribution in [1.29, 1.82) is 0 Å². The Morgan fingerprint density at radius 1 is 1.30 bits per heavy atom. The third-order valence-corrected chi connectivity index (χ3v) is 4.99. The predicted octanol–water partition coefficient (Wildman–Crippen LogP) is 3.81. The maximum absolute atomic E-state index is 12.6. The van der Waals surface area contributed by atoms with Gasteiger partial charge in [-0.25, -0.2) is 4.79 Å². The second kappa shape index (κ2) is 7.62. The molecule has 2 amide bonds. The van der Waals surface area contributed by atoms with Crippen LogP contribution >= 0.6 is 11.3 Å². The third kappa shape index (κ3) is 3.92. The van der Waals surface area contributed by atoms with Crippen LogP contribution in [-0.2, 0) is 11.3 Å². The van der Waals surface area contributed by atoms with Crippen LogP contribution < -0.4 is 5.32 Å². The second-order valence-corrected chi connectivity index (χ2v) is 6.67. The molecule has 0 bridgehead atoms. The van der Waals surface area contributed by atoms with Crippen LogP contribution in [-0.4, -0.2) is 30.1 Å². The molecule has 2 heterocycles. The van der Waals surface area contributed by atoms with Gasteiger partial charge in [-0.1, -0.05) is 36.4 Å². The Kier molecular flexibility index (Phi) is 5.31. The minimum absolute atomic E-state index is 0.0164. The van der Waals surface area contributed by atoms with Gasteiger partial charge in [-0.15, -0.1) is 11.3 Å². The molecule has 0 unspecified atom stereocenters. The van der Waals surface area contributed by atoms with Crippen molar-refractivity contribution in [3.8, 4) is 0 Å². The number of amides is 2. The number of rotatable bonds is 5. The zero-order valence-corrected chi connectivity index (χ0v) is 14.1. The fraction of sp³-hybridized carbons (Fsp3) is 0.389.